The SMILES string of the molecule is COC(=O)c1sccc1N/N=C/c1ccc(O)cc1. The van der Waals surface area contributed by atoms with Crippen molar-refractivity contribution in [2.24, 2.45) is 5.10 Å². The molecular formula is C13H12N2O3S. The molecule has 0 aliphatic carbocycles. The summed E-state index contributed by atoms with van der Waals surface area (Å²) < 4.78 is 4.66. The van der Waals surface area contributed by atoms with Crippen molar-refractivity contribution in [2.75, 3.05) is 12.5 Å². The van der Waals surface area contributed by atoms with E-state index in [9.17, 15) is 4.79 Å². The number of aromatic hydroxyl groups is 1. The van der Waals surface area contributed by atoms with E-state index >= 15 is 0 Å². The smallest absolute Gasteiger partial charge is 0.350 e. The van der Waals surface area contributed by atoms with Gasteiger partial charge in [-0.2, -0.15) is 5.10 Å². The van der Waals surface area contributed by atoms with E-state index in [0.29, 0.717) is 10.6 Å². The monoisotopic (exact) mass is 276 g/mol. The molecule has 2 rings (SSSR count). The Hall–Kier alpha value is -2.34. The maximum Gasteiger partial charge on any atom is 0.350 e. The summed E-state index contributed by atoms with van der Waals surface area (Å²) in [5.41, 5.74) is 4.23. The van der Waals surface area contributed by atoms with Crippen molar-refractivity contribution >= 4 is 29.2 Å². The molecule has 0 amide bonds. The van der Waals surface area contributed by atoms with E-state index in [4.69, 9.17) is 5.11 Å². The molecule has 0 fully saturated rings. The average Bonchev–Trinajstić information content (AvgIpc) is 2.88. The van der Waals surface area contributed by atoms with Crippen molar-refractivity contribution in [3.05, 3.63) is 46.2 Å². The van der Waals surface area contributed by atoms with E-state index < -0.39 is 5.97 Å². The number of thiophene rings is 1. The Labute approximate surface area is 114 Å². The first-order valence-electron chi connectivity index (χ1n) is 5.44. The fourth-order valence-corrected chi connectivity index (χ4v) is 2.15. The van der Waals surface area contributed by atoms with Gasteiger partial charge >= 0.3 is 5.97 Å². The molecule has 98 valence electrons. The average molecular weight is 276 g/mol. The van der Waals surface area contributed by atoms with Crippen LogP contribution in [0, 0.1) is 0 Å². The molecule has 0 spiro atoms. The van der Waals surface area contributed by atoms with Crippen LogP contribution >= 0.6 is 11.3 Å². The first kappa shape index (κ1) is 13.1. The topological polar surface area (TPSA) is 70.9 Å². The predicted octanol–water partition coefficient (Wildman–Crippen LogP) is 2.69. The zero-order valence-corrected chi connectivity index (χ0v) is 11.0. The minimum atomic E-state index is -0.391. The highest BCUT2D eigenvalue weighted by Crippen LogP contribution is 2.22. The second kappa shape index (κ2) is 6.01. The number of carbonyl (C=O) groups is 1. The molecule has 1 aromatic heterocycles. The largest absolute Gasteiger partial charge is 0.508 e. The van der Waals surface area contributed by atoms with Crippen LogP contribution in [-0.4, -0.2) is 24.4 Å². The summed E-state index contributed by atoms with van der Waals surface area (Å²) in [5, 5.41) is 15.0. The number of nitrogens with zero attached hydrogens (tertiary/aromatic N) is 1. The second-order valence-corrected chi connectivity index (χ2v) is 4.53. The summed E-state index contributed by atoms with van der Waals surface area (Å²) in [6.07, 6.45) is 1.60. The van der Waals surface area contributed by atoms with Crippen LogP contribution in [0.1, 0.15) is 15.2 Å². The molecule has 1 heterocycles. The number of esters is 1. The number of phenolic OH excluding ortho intramolecular Hbond substituents is 1. The Morgan fingerprint density at radius 3 is 2.79 bits per heavy atom. The van der Waals surface area contributed by atoms with E-state index in [1.807, 2.05) is 0 Å². The van der Waals surface area contributed by atoms with Gasteiger partial charge in [-0.15, -0.1) is 11.3 Å². The van der Waals surface area contributed by atoms with Crippen LogP contribution < -0.4 is 5.43 Å². The van der Waals surface area contributed by atoms with Crippen molar-refractivity contribution < 1.29 is 14.6 Å². The normalized spacial score (nSPS) is 10.6. The standard InChI is InChI=1S/C13H12N2O3S/c1-18-13(17)12-11(6-7-19-12)15-14-8-9-2-4-10(16)5-3-9/h2-8,15-16H,1H3/b14-8+. The van der Waals surface area contributed by atoms with E-state index in [-0.39, 0.29) is 5.75 Å². The Morgan fingerprint density at radius 1 is 1.37 bits per heavy atom. The van der Waals surface area contributed by atoms with Crippen molar-refractivity contribution in [3.8, 4) is 5.75 Å². The Kier molecular flexibility index (Phi) is 4.15. The van der Waals surface area contributed by atoms with Crippen LogP contribution in [0.25, 0.3) is 0 Å². The summed E-state index contributed by atoms with van der Waals surface area (Å²) >= 11 is 1.29. The molecule has 0 unspecified atom stereocenters. The number of hydrogen-bond acceptors (Lipinski definition) is 6. The van der Waals surface area contributed by atoms with Gasteiger partial charge in [0.15, 0.2) is 0 Å². The third kappa shape index (κ3) is 3.32. The van der Waals surface area contributed by atoms with Crippen LogP contribution in [-0.2, 0) is 4.74 Å². The van der Waals surface area contributed by atoms with Crippen molar-refractivity contribution in [3.63, 3.8) is 0 Å². The molecule has 6 heteroatoms. The highest BCUT2D eigenvalue weighted by Gasteiger charge is 2.12. The summed E-state index contributed by atoms with van der Waals surface area (Å²) in [5.74, 6) is -0.187. The minimum absolute atomic E-state index is 0.205. The number of rotatable bonds is 4. The second-order valence-electron chi connectivity index (χ2n) is 3.62. The molecule has 0 aliphatic rings. The van der Waals surface area contributed by atoms with Gasteiger partial charge in [0, 0.05) is 0 Å². The number of methoxy groups -OCH3 is 1. The lowest BCUT2D eigenvalue weighted by atomic mass is 10.2. The van der Waals surface area contributed by atoms with E-state index in [0.717, 1.165) is 5.56 Å². The van der Waals surface area contributed by atoms with Crippen LogP contribution in [0.2, 0.25) is 0 Å². The molecule has 0 atom stereocenters. The molecule has 19 heavy (non-hydrogen) atoms. The number of nitrogens with one attached hydrogen (secondary N) is 1. The first-order valence-corrected chi connectivity index (χ1v) is 6.32. The summed E-state index contributed by atoms with van der Waals surface area (Å²) in [6, 6.07) is 8.37. The molecule has 0 aliphatic heterocycles. The molecule has 0 radical (unpaired) electrons. The number of hydrazone groups is 1. The Balaban J connectivity index is 2.04. The molecule has 0 saturated heterocycles. The van der Waals surface area contributed by atoms with E-state index in [1.165, 1.54) is 18.4 Å². The third-order valence-corrected chi connectivity index (χ3v) is 3.22. The zero-order chi connectivity index (χ0) is 13.7. The molecule has 0 bridgehead atoms. The zero-order valence-electron chi connectivity index (χ0n) is 10.2. The maximum absolute atomic E-state index is 11.4. The number of benzene rings is 1. The van der Waals surface area contributed by atoms with Gasteiger partial charge in [-0.1, -0.05) is 0 Å². The van der Waals surface area contributed by atoms with Crippen molar-refractivity contribution in [1.29, 1.82) is 0 Å². The van der Waals surface area contributed by atoms with Gasteiger partial charge in [-0.25, -0.2) is 4.79 Å². The lowest BCUT2D eigenvalue weighted by Crippen LogP contribution is -2.01. The predicted molar refractivity (Wildman–Crippen MR) is 75.0 cm³/mol. The van der Waals surface area contributed by atoms with Gasteiger partial charge in [-0.3, -0.25) is 5.43 Å². The fourth-order valence-electron chi connectivity index (χ4n) is 1.38. The van der Waals surface area contributed by atoms with Crippen molar-refractivity contribution in [1.82, 2.24) is 0 Å². The van der Waals surface area contributed by atoms with Crippen LogP contribution in [0.3, 0.4) is 0 Å². The van der Waals surface area contributed by atoms with E-state index in [2.05, 4.69) is 15.3 Å². The Bertz CT molecular complexity index is 590. The number of phenols is 1. The molecule has 1 aromatic carbocycles. The van der Waals surface area contributed by atoms with Gasteiger partial charge < -0.3 is 9.84 Å². The number of anilines is 1. The van der Waals surface area contributed by atoms with Gasteiger partial charge in [0.05, 0.1) is 19.0 Å². The van der Waals surface area contributed by atoms with Crippen LogP contribution in [0.15, 0.2) is 40.8 Å². The molecule has 2 aromatic rings. The van der Waals surface area contributed by atoms with Gasteiger partial charge in [-0.05, 0) is 41.3 Å². The maximum atomic E-state index is 11.4. The lowest BCUT2D eigenvalue weighted by molar-refractivity contribution is 0.0607. The van der Waals surface area contributed by atoms with Gasteiger partial charge in [0.2, 0.25) is 0 Å². The van der Waals surface area contributed by atoms with Crippen molar-refractivity contribution in [2.45, 2.75) is 0 Å². The number of carbonyl (C=O) groups excluding carboxylic acids is 1. The van der Waals surface area contributed by atoms with Gasteiger partial charge in [0.1, 0.15) is 10.6 Å². The highest BCUT2D eigenvalue weighted by atomic mass is 32.1. The molecule has 5 nitrogen and oxygen atoms in total. The molecule has 2 N–H and O–H groups in total. The molecule has 0 saturated carbocycles. The summed E-state index contributed by atoms with van der Waals surface area (Å²) in [4.78, 5) is 11.9. The summed E-state index contributed by atoms with van der Waals surface area (Å²) in [6.45, 7) is 0. The number of hydrogen-bond donors (Lipinski definition) is 2. The quantitative estimate of drug-likeness (QED) is 0.511. The molecular weight excluding hydrogens is 264 g/mol. The number of ether oxygens (including phenoxy) is 1. The van der Waals surface area contributed by atoms with Gasteiger partial charge in [0.25, 0.3) is 0 Å². The fraction of sp³-hybridized carbons (Fsp3) is 0.0769. The highest BCUT2D eigenvalue weighted by molar-refractivity contribution is 7.12. The lowest BCUT2D eigenvalue weighted by Gasteiger charge is -2.00. The summed E-state index contributed by atoms with van der Waals surface area (Å²) in [7, 11) is 1.34. The first-order chi connectivity index (χ1) is 9.20. The third-order valence-electron chi connectivity index (χ3n) is 2.33. The van der Waals surface area contributed by atoms with E-state index in [1.54, 1.807) is 41.9 Å². The minimum Gasteiger partial charge on any atom is -0.508 e. The van der Waals surface area contributed by atoms with Crippen LogP contribution in [0.4, 0.5) is 5.69 Å². The van der Waals surface area contributed by atoms with Crippen LogP contribution in [0.5, 0.6) is 5.75 Å². The Morgan fingerprint density at radius 2 is 2.11 bits per heavy atom.